The van der Waals surface area contributed by atoms with Crippen LogP contribution in [0.3, 0.4) is 0 Å². The first-order valence-corrected chi connectivity index (χ1v) is 11.4. The lowest BCUT2D eigenvalue weighted by atomic mass is 10.0. The number of piperazine rings is 1. The van der Waals surface area contributed by atoms with Gasteiger partial charge in [0.15, 0.2) is 0 Å². The number of benzene rings is 1. The number of nitrogens with zero attached hydrogens (tertiary/aromatic N) is 4. The lowest BCUT2D eigenvalue weighted by molar-refractivity contribution is 0.00745. The van der Waals surface area contributed by atoms with Crippen molar-refractivity contribution in [2.24, 2.45) is 5.92 Å². The predicted octanol–water partition coefficient (Wildman–Crippen LogP) is 3.15. The topological polar surface area (TPSA) is 61.7 Å². The largest absolute Gasteiger partial charge is 0.389 e. The molecule has 1 N–H and O–H groups in total. The van der Waals surface area contributed by atoms with Crippen LogP contribution in [0.25, 0.3) is 0 Å². The zero-order chi connectivity index (χ0) is 22.4. The van der Waals surface area contributed by atoms with Gasteiger partial charge in [0.2, 0.25) is 0 Å². The standard InChI is InChI=1S/C25H38N4O2/c1-18(2)16-31-17-23(30)15-28-10-12-29(13-11-28)25-24(20(4)26-21(5)27-25)14-22-8-6-19(3)7-9-22/h6-9,18,23,30H,10-17H2,1-5H3. The van der Waals surface area contributed by atoms with E-state index in [0.29, 0.717) is 25.7 Å². The second-order valence-corrected chi connectivity index (χ2v) is 9.19. The van der Waals surface area contributed by atoms with Crippen LogP contribution in [0.4, 0.5) is 5.82 Å². The first-order valence-electron chi connectivity index (χ1n) is 11.4. The van der Waals surface area contributed by atoms with Crippen LogP contribution < -0.4 is 4.90 Å². The summed E-state index contributed by atoms with van der Waals surface area (Å²) in [7, 11) is 0. The molecular weight excluding hydrogens is 388 g/mol. The van der Waals surface area contributed by atoms with E-state index in [0.717, 1.165) is 49.9 Å². The minimum Gasteiger partial charge on any atom is -0.389 e. The molecule has 1 aromatic carbocycles. The highest BCUT2D eigenvalue weighted by Crippen LogP contribution is 2.25. The number of aryl methyl sites for hydroxylation is 3. The number of anilines is 1. The summed E-state index contributed by atoms with van der Waals surface area (Å²) < 4.78 is 5.59. The van der Waals surface area contributed by atoms with Crippen LogP contribution in [0.15, 0.2) is 24.3 Å². The van der Waals surface area contributed by atoms with Crippen molar-refractivity contribution in [1.82, 2.24) is 14.9 Å². The zero-order valence-electron chi connectivity index (χ0n) is 19.8. The van der Waals surface area contributed by atoms with Crippen molar-refractivity contribution in [1.29, 1.82) is 0 Å². The highest BCUT2D eigenvalue weighted by Gasteiger charge is 2.23. The maximum atomic E-state index is 10.3. The third-order valence-electron chi connectivity index (χ3n) is 5.71. The molecule has 0 aliphatic carbocycles. The van der Waals surface area contributed by atoms with Crippen molar-refractivity contribution in [2.75, 3.05) is 50.8 Å². The summed E-state index contributed by atoms with van der Waals surface area (Å²) in [5, 5.41) is 10.3. The summed E-state index contributed by atoms with van der Waals surface area (Å²) >= 11 is 0. The normalized spacial score (nSPS) is 16.2. The van der Waals surface area contributed by atoms with E-state index < -0.39 is 6.10 Å². The highest BCUT2D eigenvalue weighted by atomic mass is 16.5. The Morgan fingerprint density at radius 3 is 2.29 bits per heavy atom. The molecule has 0 bridgehead atoms. The molecule has 1 fully saturated rings. The fourth-order valence-electron chi connectivity index (χ4n) is 4.03. The Hall–Kier alpha value is -2.02. The maximum absolute atomic E-state index is 10.3. The first-order chi connectivity index (χ1) is 14.8. The van der Waals surface area contributed by atoms with E-state index in [1.54, 1.807) is 0 Å². The number of hydrogen-bond donors (Lipinski definition) is 1. The lowest BCUT2D eigenvalue weighted by Crippen LogP contribution is -2.49. The highest BCUT2D eigenvalue weighted by molar-refractivity contribution is 5.51. The smallest absolute Gasteiger partial charge is 0.136 e. The molecule has 1 unspecified atom stereocenters. The van der Waals surface area contributed by atoms with Gasteiger partial charge in [-0.15, -0.1) is 0 Å². The van der Waals surface area contributed by atoms with Gasteiger partial charge in [0.1, 0.15) is 11.6 Å². The van der Waals surface area contributed by atoms with Gasteiger partial charge in [-0.2, -0.15) is 0 Å². The molecule has 1 atom stereocenters. The average Bonchev–Trinajstić information content (AvgIpc) is 2.71. The molecule has 1 aliphatic heterocycles. The van der Waals surface area contributed by atoms with Crippen LogP contribution in [0.2, 0.25) is 0 Å². The SMILES string of the molecule is Cc1ccc(Cc2c(C)nc(C)nc2N2CCN(CC(O)COCC(C)C)CC2)cc1. The summed E-state index contributed by atoms with van der Waals surface area (Å²) in [6.07, 6.45) is 0.402. The van der Waals surface area contributed by atoms with Gasteiger partial charge in [0, 0.05) is 57.0 Å². The molecule has 3 rings (SSSR count). The summed E-state index contributed by atoms with van der Waals surface area (Å²) in [5.74, 6) is 2.37. The molecule has 6 heteroatoms. The molecule has 0 spiro atoms. The number of aromatic nitrogens is 2. The quantitative estimate of drug-likeness (QED) is 0.665. The molecule has 6 nitrogen and oxygen atoms in total. The first kappa shape index (κ1) is 23.6. The maximum Gasteiger partial charge on any atom is 0.136 e. The van der Waals surface area contributed by atoms with E-state index >= 15 is 0 Å². The summed E-state index contributed by atoms with van der Waals surface area (Å²) in [5.41, 5.74) is 4.83. The second kappa shape index (κ2) is 11.0. The molecule has 2 aromatic rings. The molecule has 2 heterocycles. The number of hydrogen-bond acceptors (Lipinski definition) is 6. The van der Waals surface area contributed by atoms with E-state index in [4.69, 9.17) is 9.72 Å². The van der Waals surface area contributed by atoms with Gasteiger partial charge in [0.25, 0.3) is 0 Å². The molecule has 1 aromatic heterocycles. The number of aliphatic hydroxyl groups is 1. The Bertz CT molecular complexity index is 830. The molecule has 0 radical (unpaired) electrons. The van der Waals surface area contributed by atoms with E-state index in [1.165, 1.54) is 16.7 Å². The van der Waals surface area contributed by atoms with Gasteiger partial charge in [-0.3, -0.25) is 4.90 Å². The third kappa shape index (κ3) is 6.99. The molecule has 1 saturated heterocycles. The summed E-state index contributed by atoms with van der Waals surface area (Å²) in [6, 6.07) is 8.71. The minimum atomic E-state index is -0.439. The van der Waals surface area contributed by atoms with E-state index in [1.807, 2.05) is 6.92 Å². The third-order valence-corrected chi connectivity index (χ3v) is 5.71. The Kier molecular flexibility index (Phi) is 8.41. The Balaban J connectivity index is 1.62. The number of ether oxygens (including phenoxy) is 1. The molecule has 0 amide bonds. The predicted molar refractivity (Wildman–Crippen MR) is 126 cm³/mol. The Morgan fingerprint density at radius 1 is 0.968 bits per heavy atom. The number of aliphatic hydroxyl groups excluding tert-OH is 1. The van der Waals surface area contributed by atoms with Crippen molar-refractivity contribution >= 4 is 5.82 Å². The fourth-order valence-corrected chi connectivity index (χ4v) is 4.03. The second-order valence-electron chi connectivity index (χ2n) is 9.19. The molecule has 31 heavy (non-hydrogen) atoms. The van der Waals surface area contributed by atoms with Gasteiger partial charge in [-0.25, -0.2) is 9.97 Å². The Labute approximate surface area is 187 Å². The molecule has 1 aliphatic rings. The van der Waals surface area contributed by atoms with Crippen LogP contribution in [-0.2, 0) is 11.2 Å². The number of rotatable bonds is 9. The molecule has 0 saturated carbocycles. The van der Waals surface area contributed by atoms with Crippen LogP contribution in [0.1, 0.15) is 42.1 Å². The van der Waals surface area contributed by atoms with Gasteiger partial charge in [-0.05, 0) is 32.3 Å². The van der Waals surface area contributed by atoms with E-state index in [-0.39, 0.29) is 0 Å². The Morgan fingerprint density at radius 2 is 1.65 bits per heavy atom. The van der Waals surface area contributed by atoms with Crippen molar-refractivity contribution in [3.63, 3.8) is 0 Å². The van der Waals surface area contributed by atoms with Gasteiger partial charge in [0.05, 0.1) is 12.7 Å². The van der Waals surface area contributed by atoms with Gasteiger partial charge < -0.3 is 14.7 Å². The summed E-state index contributed by atoms with van der Waals surface area (Å²) in [4.78, 5) is 14.2. The van der Waals surface area contributed by atoms with Crippen LogP contribution >= 0.6 is 0 Å². The van der Waals surface area contributed by atoms with Crippen LogP contribution in [-0.4, -0.2) is 72.0 Å². The zero-order valence-corrected chi connectivity index (χ0v) is 19.8. The molecular formula is C25H38N4O2. The van der Waals surface area contributed by atoms with Gasteiger partial charge >= 0.3 is 0 Å². The molecule has 170 valence electrons. The van der Waals surface area contributed by atoms with Crippen LogP contribution in [0.5, 0.6) is 0 Å². The monoisotopic (exact) mass is 426 g/mol. The minimum absolute atomic E-state index is 0.406. The summed E-state index contributed by atoms with van der Waals surface area (Å²) in [6.45, 7) is 15.8. The van der Waals surface area contributed by atoms with Gasteiger partial charge in [-0.1, -0.05) is 43.7 Å². The van der Waals surface area contributed by atoms with Crippen molar-refractivity contribution in [3.8, 4) is 0 Å². The van der Waals surface area contributed by atoms with E-state index in [9.17, 15) is 5.11 Å². The van der Waals surface area contributed by atoms with Crippen molar-refractivity contribution in [3.05, 3.63) is 52.5 Å². The van der Waals surface area contributed by atoms with Crippen molar-refractivity contribution < 1.29 is 9.84 Å². The number of β-amino-alcohol motifs (C(OH)–C–C–N with tert-alkyl or cyclic N) is 1. The lowest BCUT2D eigenvalue weighted by Gasteiger charge is -2.37. The van der Waals surface area contributed by atoms with Crippen LogP contribution in [0, 0.1) is 26.7 Å². The fraction of sp³-hybridized carbons (Fsp3) is 0.600. The van der Waals surface area contributed by atoms with Crippen molar-refractivity contribution in [2.45, 2.75) is 47.1 Å². The average molecular weight is 427 g/mol. The van der Waals surface area contributed by atoms with E-state index in [2.05, 4.69) is 66.7 Å².